The summed E-state index contributed by atoms with van der Waals surface area (Å²) in [7, 11) is 0. The van der Waals surface area contributed by atoms with E-state index in [0.29, 0.717) is 15.8 Å². The molecule has 0 spiro atoms. The van der Waals surface area contributed by atoms with Gasteiger partial charge in [0.15, 0.2) is 0 Å². The molecule has 0 saturated heterocycles. The van der Waals surface area contributed by atoms with Crippen LogP contribution in [0, 0.1) is 0 Å². The molecule has 2 heterocycles. The maximum atomic E-state index is 12.4. The van der Waals surface area contributed by atoms with Crippen LogP contribution in [0.25, 0.3) is 0 Å². The Bertz CT molecular complexity index is 742. The molecule has 0 saturated carbocycles. The number of thiophene rings is 1. The Hall–Kier alpha value is -2.18. The quantitative estimate of drug-likeness (QED) is 0.780. The second-order valence-electron chi connectivity index (χ2n) is 4.62. The highest BCUT2D eigenvalue weighted by atomic mass is 35.5. The molecule has 3 rings (SSSR count). The number of amides is 1. The molecule has 1 N–H and O–H groups in total. The summed E-state index contributed by atoms with van der Waals surface area (Å²) in [6, 6.07) is 13.0. The van der Waals surface area contributed by atoms with Crippen molar-refractivity contribution >= 4 is 28.8 Å². The van der Waals surface area contributed by atoms with Crippen LogP contribution in [0.5, 0.6) is 0 Å². The fourth-order valence-electron chi connectivity index (χ4n) is 2.09. The van der Waals surface area contributed by atoms with Crippen LogP contribution in [0.15, 0.2) is 54.9 Å². The predicted molar refractivity (Wildman–Crippen MR) is 86.0 cm³/mol. The van der Waals surface area contributed by atoms with E-state index in [2.05, 4.69) is 15.5 Å². The number of halogens is 1. The van der Waals surface area contributed by atoms with Crippen molar-refractivity contribution in [3.8, 4) is 0 Å². The van der Waals surface area contributed by atoms with E-state index in [1.165, 1.54) is 11.3 Å². The number of benzene rings is 1. The fraction of sp³-hybridized carbons (Fsp3) is 0.133. The van der Waals surface area contributed by atoms with Crippen LogP contribution in [0.4, 0.5) is 0 Å². The number of rotatable bonds is 5. The van der Waals surface area contributed by atoms with Crippen molar-refractivity contribution in [2.24, 2.45) is 0 Å². The van der Waals surface area contributed by atoms with Gasteiger partial charge in [0, 0.05) is 0 Å². The first kappa shape index (κ1) is 14.7. The molecule has 0 fully saturated rings. The third-order valence-electron chi connectivity index (χ3n) is 3.12. The molecule has 1 aromatic carbocycles. The van der Waals surface area contributed by atoms with Crippen LogP contribution >= 0.6 is 22.9 Å². The monoisotopic (exact) mass is 332 g/mol. The largest absolute Gasteiger partial charge is 0.343 e. The van der Waals surface area contributed by atoms with E-state index in [1.54, 1.807) is 29.3 Å². The molecule has 5 nitrogen and oxygen atoms in total. The smallest absolute Gasteiger partial charge is 0.261 e. The number of hydrogen-bond donors (Lipinski definition) is 1. The Balaban J connectivity index is 1.80. The van der Waals surface area contributed by atoms with Gasteiger partial charge in [-0.1, -0.05) is 41.9 Å². The van der Waals surface area contributed by atoms with Gasteiger partial charge in [-0.05, 0) is 17.7 Å². The topological polar surface area (TPSA) is 59.8 Å². The molecule has 0 unspecified atom stereocenters. The molecule has 0 bridgehead atoms. The molecule has 0 aliphatic heterocycles. The minimum absolute atomic E-state index is 0.155. The van der Waals surface area contributed by atoms with Gasteiger partial charge < -0.3 is 5.32 Å². The highest BCUT2D eigenvalue weighted by Crippen LogP contribution is 2.22. The number of carbonyl (C=O) groups excluding carboxylic acids is 1. The normalized spacial score (nSPS) is 12.0. The van der Waals surface area contributed by atoms with Gasteiger partial charge in [0.25, 0.3) is 5.91 Å². The van der Waals surface area contributed by atoms with Gasteiger partial charge >= 0.3 is 0 Å². The summed E-state index contributed by atoms with van der Waals surface area (Å²) in [6.07, 6.45) is 3.23. The molecular formula is C15H13ClN4OS. The van der Waals surface area contributed by atoms with Gasteiger partial charge in [-0.15, -0.1) is 11.3 Å². The van der Waals surface area contributed by atoms with Crippen molar-refractivity contribution in [1.29, 1.82) is 0 Å². The van der Waals surface area contributed by atoms with Gasteiger partial charge in [-0.2, -0.15) is 15.0 Å². The number of hydrogen-bond acceptors (Lipinski definition) is 4. The molecule has 1 amide bonds. The van der Waals surface area contributed by atoms with E-state index in [1.807, 2.05) is 30.3 Å². The first-order chi connectivity index (χ1) is 10.7. The fourth-order valence-corrected chi connectivity index (χ4v) is 3.03. The van der Waals surface area contributed by atoms with Crippen molar-refractivity contribution in [3.63, 3.8) is 0 Å². The van der Waals surface area contributed by atoms with Crippen molar-refractivity contribution in [2.75, 3.05) is 0 Å². The van der Waals surface area contributed by atoms with E-state index < -0.39 is 0 Å². The minimum Gasteiger partial charge on any atom is -0.343 e. The number of nitrogens with one attached hydrogen (secondary N) is 1. The summed E-state index contributed by atoms with van der Waals surface area (Å²) < 4.78 is 0.593. The Morgan fingerprint density at radius 3 is 2.55 bits per heavy atom. The standard InChI is InChI=1S/C15H13ClN4OS/c16-14-7-6-13(22-14)15(21)19-12(10-20-17-8-9-18-20)11-4-2-1-3-5-11/h1-9,12H,10H2,(H,19,21)/t12-/m1/s1. The summed E-state index contributed by atoms with van der Waals surface area (Å²) in [5, 5.41) is 11.2. The molecule has 3 aromatic rings. The highest BCUT2D eigenvalue weighted by Gasteiger charge is 2.18. The van der Waals surface area contributed by atoms with Crippen LogP contribution < -0.4 is 5.32 Å². The van der Waals surface area contributed by atoms with E-state index in [9.17, 15) is 4.79 Å². The van der Waals surface area contributed by atoms with E-state index in [4.69, 9.17) is 11.6 Å². The molecule has 0 aliphatic rings. The van der Waals surface area contributed by atoms with Gasteiger partial charge in [-0.3, -0.25) is 4.79 Å². The molecule has 22 heavy (non-hydrogen) atoms. The maximum absolute atomic E-state index is 12.4. The Morgan fingerprint density at radius 2 is 1.91 bits per heavy atom. The predicted octanol–water partition coefficient (Wildman–Crippen LogP) is 3.16. The molecule has 7 heteroatoms. The molecule has 0 radical (unpaired) electrons. The summed E-state index contributed by atoms with van der Waals surface area (Å²) in [5.41, 5.74) is 0.996. The van der Waals surface area contributed by atoms with Gasteiger partial charge in [0.05, 0.1) is 34.2 Å². The minimum atomic E-state index is -0.220. The third kappa shape index (κ3) is 3.52. The zero-order valence-corrected chi connectivity index (χ0v) is 13.1. The van der Waals surface area contributed by atoms with Crippen LogP contribution in [0.1, 0.15) is 21.3 Å². The summed E-state index contributed by atoms with van der Waals surface area (Å²) >= 11 is 7.14. The Morgan fingerprint density at radius 1 is 1.18 bits per heavy atom. The SMILES string of the molecule is O=C(N[C@H](Cn1nccn1)c1ccccc1)c1ccc(Cl)s1. The highest BCUT2D eigenvalue weighted by molar-refractivity contribution is 7.17. The summed E-state index contributed by atoms with van der Waals surface area (Å²) in [6.45, 7) is 0.460. The third-order valence-corrected chi connectivity index (χ3v) is 4.35. The van der Waals surface area contributed by atoms with Crippen LogP contribution in [0.2, 0.25) is 4.34 Å². The lowest BCUT2D eigenvalue weighted by Crippen LogP contribution is -2.31. The van der Waals surface area contributed by atoms with Crippen LogP contribution in [-0.2, 0) is 6.54 Å². The Labute approximate surface area is 136 Å². The van der Waals surface area contributed by atoms with Crippen LogP contribution in [0.3, 0.4) is 0 Å². The lowest BCUT2D eigenvalue weighted by molar-refractivity contribution is 0.0935. The molecule has 112 valence electrons. The lowest BCUT2D eigenvalue weighted by atomic mass is 10.1. The summed E-state index contributed by atoms with van der Waals surface area (Å²) in [5.74, 6) is -0.155. The molecular weight excluding hydrogens is 320 g/mol. The first-order valence-electron chi connectivity index (χ1n) is 6.67. The first-order valence-corrected chi connectivity index (χ1v) is 7.87. The van der Waals surface area contributed by atoms with Crippen LogP contribution in [-0.4, -0.2) is 20.9 Å². The molecule has 0 aliphatic carbocycles. The van der Waals surface area contributed by atoms with Crippen molar-refractivity contribution in [2.45, 2.75) is 12.6 Å². The van der Waals surface area contributed by atoms with Crippen molar-refractivity contribution < 1.29 is 4.79 Å². The maximum Gasteiger partial charge on any atom is 0.261 e. The number of aromatic nitrogens is 3. The zero-order valence-electron chi connectivity index (χ0n) is 11.5. The van der Waals surface area contributed by atoms with Gasteiger partial charge in [-0.25, -0.2) is 0 Å². The average molecular weight is 333 g/mol. The lowest BCUT2D eigenvalue weighted by Gasteiger charge is -2.18. The van der Waals surface area contributed by atoms with E-state index in [0.717, 1.165) is 5.56 Å². The van der Waals surface area contributed by atoms with Crippen molar-refractivity contribution in [3.05, 3.63) is 69.6 Å². The second-order valence-corrected chi connectivity index (χ2v) is 6.34. The van der Waals surface area contributed by atoms with Gasteiger partial charge in [0.2, 0.25) is 0 Å². The number of carbonyl (C=O) groups is 1. The van der Waals surface area contributed by atoms with Gasteiger partial charge in [0.1, 0.15) is 0 Å². The molecule has 2 aromatic heterocycles. The Kier molecular flexibility index (Phi) is 4.50. The molecule has 1 atom stereocenters. The van der Waals surface area contributed by atoms with Crippen molar-refractivity contribution in [1.82, 2.24) is 20.3 Å². The second kappa shape index (κ2) is 6.72. The van der Waals surface area contributed by atoms with E-state index in [-0.39, 0.29) is 11.9 Å². The zero-order chi connectivity index (χ0) is 15.4. The number of nitrogens with zero attached hydrogens (tertiary/aromatic N) is 3. The van der Waals surface area contributed by atoms with E-state index >= 15 is 0 Å². The summed E-state index contributed by atoms with van der Waals surface area (Å²) in [4.78, 5) is 14.5. The average Bonchev–Trinajstić information content (AvgIpc) is 3.19.